The van der Waals surface area contributed by atoms with Gasteiger partial charge in [0.25, 0.3) is 0 Å². The van der Waals surface area contributed by atoms with Crippen LogP contribution in [0.1, 0.15) is 34.3 Å². The molecule has 5 nitrogen and oxygen atoms in total. The van der Waals surface area contributed by atoms with Gasteiger partial charge in [0, 0.05) is 50.1 Å². The first-order valence-electron chi connectivity index (χ1n) is 9.61. The molecular formula is C22H25FN4O. The SMILES string of the molecule is Cc1c(CN2CCOC(c3cccc(Cc4ccccc4F)n3)C2)cnn1C. The van der Waals surface area contributed by atoms with Crippen molar-refractivity contribution in [3.8, 4) is 0 Å². The smallest absolute Gasteiger partial charge is 0.126 e. The fraction of sp³-hybridized carbons (Fsp3) is 0.364. The molecule has 3 heterocycles. The molecule has 1 aliphatic rings. The van der Waals surface area contributed by atoms with Crippen LogP contribution >= 0.6 is 0 Å². The lowest BCUT2D eigenvalue weighted by atomic mass is 10.1. The van der Waals surface area contributed by atoms with E-state index in [-0.39, 0.29) is 11.9 Å². The van der Waals surface area contributed by atoms with Crippen LogP contribution in [0, 0.1) is 12.7 Å². The number of morpholine rings is 1. The molecule has 0 bridgehead atoms. The van der Waals surface area contributed by atoms with Crippen LogP contribution in [-0.4, -0.2) is 39.4 Å². The summed E-state index contributed by atoms with van der Waals surface area (Å²) in [5, 5.41) is 4.33. The molecule has 1 atom stereocenters. The van der Waals surface area contributed by atoms with Crippen LogP contribution in [0.4, 0.5) is 4.39 Å². The Morgan fingerprint density at radius 2 is 2.00 bits per heavy atom. The van der Waals surface area contributed by atoms with E-state index < -0.39 is 0 Å². The molecule has 0 N–H and O–H groups in total. The topological polar surface area (TPSA) is 43.2 Å². The largest absolute Gasteiger partial charge is 0.369 e. The van der Waals surface area contributed by atoms with Crippen LogP contribution in [0.3, 0.4) is 0 Å². The highest BCUT2D eigenvalue weighted by atomic mass is 19.1. The van der Waals surface area contributed by atoms with E-state index in [0.29, 0.717) is 18.6 Å². The lowest BCUT2D eigenvalue weighted by Gasteiger charge is -2.32. The molecule has 3 aromatic rings. The van der Waals surface area contributed by atoms with Gasteiger partial charge in [-0.1, -0.05) is 24.3 Å². The Bertz CT molecular complexity index is 955. The molecule has 1 unspecified atom stereocenters. The number of halogens is 1. The molecule has 1 aromatic carbocycles. The molecule has 28 heavy (non-hydrogen) atoms. The van der Waals surface area contributed by atoms with Crippen molar-refractivity contribution in [3.05, 3.63) is 82.7 Å². The molecule has 6 heteroatoms. The summed E-state index contributed by atoms with van der Waals surface area (Å²) in [6.07, 6.45) is 2.34. The van der Waals surface area contributed by atoms with Gasteiger partial charge in [-0.15, -0.1) is 0 Å². The Labute approximate surface area is 164 Å². The molecule has 0 radical (unpaired) electrons. The highest BCUT2D eigenvalue weighted by Crippen LogP contribution is 2.23. The predicted molar refractivity (Wildman–Crippen MR) is 105 cm³/mol. The normalized spacial score (nSPS) is 17.8. The minimum atomic E-state index is -0.193. The lowest BCUT2D eigenvalue weighted by Crippen LogP contribution is -2.38. The van der Waals surface area contributed by atoms with Crippen molar-refractivity contribution in [2.24, 2.45) is 7.05 Å². The number of pyridine rings is 1. The van der Waals surface area contributed by atoms with E-state index in [0.717, 1.165) is 31.0 Å². The zero-order valence-corrected chi connectivity index (χ0v) is 16.3. The summed E-state index contributed by atoms with van der Waals surface area (Å²) in [6, 6.07) is 12.8. The maximum absolute atomic E-state index is 14.0. The van der Waals surface area contributed by atoms with Crippen LogP contribution in [0.2, 0.25) is 0 Å². The quantitative estimate of drug-likeness (QED) is 0.680. The van der Waals surface area contributed by atoms with Gasteiger partial charge in [-0.25, -0.2) is 4.39 Å². The molecular weight excluding hydrogens is 355 g/mol. The Morgan fingerprint density at radius 3 is 2.79 bits per heavy atom. The van der Waals surface area contributed by atoms with Crippen LogP contribution in [0.5, 0.6) is 0 Å². The van der Waals surface area contributed by atoms with E-state index in [2.05, 4.69) is 16.9 Å². The van der Waals surface area contributed by atoms with Crippen molar-refractivity contribution in [2.45, 2.75) is 26.0 Å². The molecule has 0 spiro atoms. The summed E-state index contributed by atoms with van der Waals surface area (Å²) in [5.74, 6) is -0.193. The monoisotopic (exact) mass is 380 g/mol. The highest BCUT2D eigenvalue weighted by molar-refractivity contribution is 5.25. The average Bonchev–Trinajstić information content (AvgIpc) is 3.02. The first-order chi connectivity index (χ1) is 13.6. The fourth-order valence-electron chi connectivity index (χ4n) is 3.58. The second kappa shape index (κ2) is 8.20. The second-order valence-corrected chi connectivity index (χ2v) is 7.30. The third-order valence-electron chi connectivity index (χ3n) is 5.37. The number of ether oxygens (including phenoxy) is 1. The maximum atomic E-state index is 14.0. The zero-order valence-electron chi connectivity index (χ0n) is 16.3. The van der Waals surface area contributed by atoms with E-state index in [1.165, 1.54) is 17.3 Å². The molecule has 0 saturated carbocycles. The highest BCUT2D eigenvalue weighted by Gasteiger charge is 2.24. The van der Waals surface area contributed by atoms with Crippen molar-refractivity contribution >= 4 is 0 Å². The minimum Gasteiger partial charge on any atom is -0.369 e. The van der Waals surface area contributed by atoms with Crippen LogP contribution < -0.4 is 0 Å². The van der Waals surface area contributed by atoms with E-state index in [1.807, 2.05) is 42.2 Å². The summed E-state index contributed by atoms with van der Waals surface area (Å²) < 4.78 is 21.9. The average molecular weight is 380 g/mol. The Morgan fingerprint density at radius 1 is 1.14 bits per heavy atom. The first kappa shape index (κ1) is 18.8. The van der Waals surface area contributed by atoms with E-state index in [9.17, 15) is 4.39 Å². The summed E-state index contributed by atoms with van der Waals surface area (Å²) in [4.78, 5) is 7.14. The molecule has 1 aliphatic heterocycles. The van der Waals surface area contributed by atoms with Crippen molar-refractivity contribution < 1.29 is 9.13 Å². The zero-order chi connectivity index (χ0) is 19.5. The second-order valence-electron chi connectivity index (χ2n) is 7.30. The number of benzene rings is 1. The molecule has 146 valence electrons. The summed E-state index contributed by atoms with van der Waals surface area (Å²) in [7, 11) is 1.96. The number of rotatable bonds is 5. The van der Waals surface area contributed by atoms with Crippen LogP contribution in [-0.2, 0) is 24.8 Å². The Hall–Kier alpha value is -2.57. The van der Waals surface area contributed by atoms with E-state index in [1.54, 1.807) is 12.1 Å². The van der Waals surface area contributed by atoms with Gasteiger partial charge in [-0.05, 0) is 30.7 Å². The minimum absolute atomic E-state index is 0.0775. The van der Waals surface area contributed by atoms with Gasteiger partial charge in [0.1, 0.15) is 11.9 Å². The van der Waals surface area contributed by atoms with Gasteiger partial charge in [0.15, 0.2) is 0 Å². The molecule has 0 aliphatic carbocycles. The van der Waals surface area contributed by atoms with Gasteiger partial charge < -0.3 is 4.74 Å². The third kappa shape index (κ3) is 4.13. The summed E-state index contributed by atoms with van der Waals surface area (Å²) in [5.41, 5.74) is 4.84. The Balaban J connectivity index is 1.46. The molecule has 4 rings (SSSR count). The van der Waals surface area contributed by atoms with Crippen molar-refractivity contribution in [1.82, 2.24) is 19.7 Å². The molecule has 0 amide bonds. The van der Waals surface area contributed by atoms with Crippen molar-refractivity contribution in [2.75, 3.05) is 19.7 Å². The van der Waals surface area contributed by atoms with E-state index in [4.69, 9.17) is 9.72 Å². The van der Waals surface area contributed by atoms with Gasteiger partial charge in [-0.3, -0.25) is 14.6 Å². The summed E-state index contributed by atoms with van der Waals surface area (Å²) in [6.45, 7) is 5.29. The van der Waals surface area contributed by atoms with E-state index >= 15 is 0 Å². The van der Waals surface area contributed by atoms with Gasteiger partial charge in [-0.2, -0.15) is 5.10 Å². The molecule has 1 fully saturated rings. The predicted octanol–water partition coefficient (Wildman–Crippen LogP) is 3.43. The van der Waals surface area contributed by atoms with Gasteiger partial charge in [0.2, 0.25) is 0 Å². The standard InChI is InChI=1S/C22H25FN4O/c1-16-18(13-24-26(16)2)14-27-10-11-28-22(15-27)21-9-5-7-19(25-21)12-17-6-3-4-8-20(17)23/h3-9,13,22H,10-12,14-15H2,1-2H3. The number of hydrogen-bond acceptors (Lipinski definition) is 4. The van der Waals surface area contributed by atoms with Gasteiger partial charge >= 0.3 is 0 Å². The van der Waals surface area contributed by atoms with Crippen LogP contribution in [0.25, 0.3) is 0 Å². The third-order valence-corrected chi connectivity index (χ3v) is 5.37. The number of hydrogen-bond donors (Lipinski definition) is 0. The molecule has 1 saturated heterocycles. The van der Waals surface area contributed by atoms with Crippen LogP contribution in [0.15, 0.2) is 48.7 Å². The molecule has 2 aromatic heterocycles. The fourth-order valence-corrected chi connectivity index (χ4v) is 3.58. The lowest BCUT2D eigenvalue weighted by molar-refractivity contribution is -0.0351. The number of aryl methyl sites for hydroxylation is 1. The number of nitrogens with zero attached hydrogens (tertiary/aromatic N) is 4. The number of aromatic nitrogens is 3. The first-order valence-corrected chi connectivity index (χ1v) is 9.61. The summed E-state index contributed by atoms with van der Waals surface area (Å²) >= 11 is 0. The Kier molecular flexibility index (Phi) is 5.50. The van der Waals surface area contributed by atoms with Crippen molar-refractivity contribution in [1.29, 1.82) is 0 Å². The van der Waals surface area contributed by atoms with Crippen molar-refractivity contribution in [3.63, 3.8) is 0 Å². The maximum Gasteiger partial charge on any atom is 0.126 e. The van der Waals surface area contributed by atoms with Gasteiger partial charge in [0.05, 0.1) is 18.5 Å².